The largest absolute Gasteiger partial charge is 0.397 e. The Morgan fingerprint density at radius 2 is 2.62 bits per heavy atom. The van der Waals surface area contributed by atoms with E-state index in [0.717, 1.165) is 0 Å². The molecule has 0 spiro atoms. The van der Waals surface area contributed by atoms with Crippen molar-refractivity contribution in [2.45, 2.75) is 6.85 Å². The topological polar surface area (TPSA) is 38.9 Å². The van der Waals surface area contributed by atoms with E-state index < -0.39 is 6.85 Å². The first-order valence-corrected chi connectivity index (χ1v) is 2.21. The molecule has 2 nitrogen and oxygen atoms in total. The lowest BCUT2D eigenvalue weighted by atomic mass is 10.4. The fourth-order valence-electron chi connectivity index (χ4n) is 0.458. The van der Waals surface area contributed by atoms with E-state index in [-0.39, 0.29) is 5.56 Å². The van der Waals surface area contributed by atoms with Crippen LogP contribution in [0.2, 0.25) is 0 Å². The smallest absolute Gasteiger partial charge is 0.0503 e. The normalized spacial score (nSPS) is 16.2. The summed E-state index contributed by atoms with van der Waals surface area (Å²) in [6.07, 6.45) is 2.71. The molecule has 0 atom stereocenters. The van der Waals surface area contributed by atoms with Crippen LogP contribution in [0.3, 0.4) is 0 Å². The number of nitrogens with two attached hydrogens (primary N) is 1. The molecule has 0 amide bonds. The molecule has 0 aromatic carbocycles. The third-order valence-electron chi connectivity index (χ3n) is 0.759. The fraction of sp³-hybridized carbons (Fsp3) is 0.167. The molecule has 1 heterocycles. The van der Waals surface area contributed by atoms with Crippen molar-refractivity contribution < 1.29 is 4.11 Å². The minimum atomic E-state index is -2.11. The zero-order chi connectivity index (χ0) is 8.48. The molecular formula is C6H8N2. The number of nitrogens with zero attached hydrogens (tertiary/aromatic N) is 1. The van der Waals surface area contributed by atoms with Gasteiger partial charge in [-0.2, -0.15) is 0 Å². The highest BCUT2D eigenvalue weighted by molar-refractivity contribution is 5.36. The highest BCUT2D eigenvalue weighted by Crippen LogP contribution is 1.99. The second kappa shape index (κ2) is 1.82. The summed E-state index contributed by atoms with van der Waals surface area (Å²) in [4.78, 5) is 3.67. The van der Waals surface area contributed by atoms with Crippen LogP contribution in [-0.4, -0.2) is 4.98 Å². The van der Waals surface area contributed by atoms with Crippen LogP contribution in [0.4, 0.5) is 5.69 Å². The highest BCUT2D eigenvalue weighted by atomic mass is 14.7. The van der Waals surface area contributed by atoms with Crippen molar-refractivity contribution in [1.82, 2.24) is 4.98 Å². The predicted molar refractivity (Wildman–Crippen MR) is 33.4 cm³/mol. The molecule has 1 rings (SSSR count). The average Bonchev–Trinajstić information content (AvgIpc) is 1.86. The fourth-order valence-corrected chi connectivity index (χ4v) is 0.458. The number of anilines is 1. The summed E-state index contributed by atoms with van der Waals surface area (Å²) in [7, 11) is 0. The third-order valence-corrected chi connectivity index (χ3v) is 0.759. The number of pyridine rings is 1. The summed E-state index contributed by atoms with van der Waals surface area (Å²) in [5, 5.41) is 0. The van der Waals surface area contributed by atoms with E-state index in [1.807, 2.05) is 0 Å². The summed E-state index contributed by atoms with van der Waals surface area (Å²) in [6, 6.07) is 1.40. The van der Waals surface area contributed by atoms with Gasteiger partial charge in [0.15, 0.2) is 0 Å². The van der Waals surface area contributed by atoms with Gasteiger partial charge in [-0.15, -0.1) is 0 Å². The van der Waals surface area contributed by atoms with Crippen LogP contribution in [-0.2, 0) is 0 Å². The molecule has 0 aliphatic carbocycles. The third kappa shape index (κ3) is 0.964. The van der Waals surface area contributed by atoms with Crippen molar-refractivity contribution in [3.8, 4) is 0 Å². The molecule has 2 N–H and O–H groups in total. The molecular weight excluding hydrogens is 101 g/mol. The Hall–Kier alpha value is -1.05. The first kappa shape index (κ1) is 2.49. The van der Waals surface area contributed by atoms with Crippen LogP contribution in [0.5, 0.6) is 0 Å². The maximum absolute atomic E-state index is 7.01. The van der Waals surface area contributed by atoms with Gasteiger partial charge in [-0.05, 0) is 18.5 Å². The van der Waals surface area contributed by atoms with Gasteiger partial charge in [-0.25, -0.2) is 0 Å². The number of hydrogen-bond donors (Lipinski definition) is 1. The average molecular weight is 112 g/mol. The van der Waals surface area contributed by atoms with E-state index in [1.54, 1.807) is 0 Å². The van der Waals surface area contributed by atoms with Crippen molar-refractivity contribution in [2.75, 3.05) is 5.73 Å². The Kier molecular flexibility index (Phi) is 0.565. The number of hydrogen-bond acceptors (Lipinski definition) is 2. The molecule has 0 aliphatic rings. The summed E-state index contributed by atoms with van der Waals surface area (Å²) in [5.74, 6) is 0. The second-order valence-electron chi connectivity index (χ2n) is 1.51. The van der Waals surface area contributed by atoms with E-state index in [9.17, 15) is 0 Å². The number of aryl methyl sites for hydroxylation is 1. The molecule has 2 heteroatoms. The molecule has 0 fully saturated rings. The maximum atomic E-state index is 7.01. The van der Waals surface area contributed by atoms with Gasteiger partial charge < -0.3 is 5.73 Å². The standard InChI is InChI=1S/C6H8N2/c1-5-2-6(7)4-8-3-5/h2-4H,7H2,1H3/i1+1D3. The quantitative estimate of drug-likeness (QED) is 0.508. The number of nitrogen functional groups attached to an aromatic ring is 1. The van der Waals surface area contributed by atoms with Crippen molar-refractivity contribution in [3.63, 3.8) is 0 Å². The Morgan fingerprint density at radius 3 is 3.12 bits per heavy atom. The Morgan fingerprint density at radius 1 is 1.75 bits per heavy atom. The lowest BCUT2D eigenvalue weighted by Gasteiger charge is -1.90. The summed E-state index contributed by atoms with van der Waals surface area (Å²) in [6.45, 7) is -2.11. The van der Waals surface area contributed by atoms with Gasteiger partial charge >= 0.3 is 0 Å². The first-order chi connectivity index (χ1) is 5.00. The van der Waals surface area contributed by atoms with Gasteiger partial charge in [0.2, 0.25) is 0 Å². The lowest BCUT2D eigenvalue weighted by molar-refractivity contribution is 1.27. The van der Waals surface area contributed by atoms with Gasteiger partial charge in [0.25, 0.3) is 0 Å². The molecule has 0 bridgehead atoms. The molecule has 0 saturated carbocycles. The van der Waals surface area contributed by atoms with Crippen molar-refractivity contribution in [2.24, 2.45) is 0 Å². The molecule has 42 valence electrons. The van der Waals surface area contributed by atoms with Crippen molar-refractivity contribution >= 4 is 5.69 Å². The maximum Gasteiger partial charge on any atom is 0.0503 e. The zero-order valence-electron chi connectivity index (χ0n) is 7.26. The molecule has 0 aliphatic heterocycles. The molecule has 0 unspecified atom stereocenters. The van der Waals surface area contributed by atoms with E-state index in [1.165, 1.54) is 18.5 Å². The van der Waals surface area contributed by atoms with Crippen molar-refractivity contribution in [3.05, 3.63) is 24.0 Å². The van der Waals surface area contributed by atoms with Gasteiger partial charge in [0.1, 0.15) is 0 Å². The minimum Gasteiger partial charge on any atom is -0.397 e. The lowest BCUT2D eigenvalue weighted by Crippen LogP contribution is -1.85. The predicted octanol–water partition coefficient (Wildman–Crippen LogP) is 0.972. The molecule has 8 heavy (non-hydrogen) atoms. The van der Waals surface area contributed by atoms with Crippen LogP contribution >= 0.6 is 0 Å². The van der Waals surface area contributed by atoms with E-state index >= 15 is 0 Å². The van der Waals surface area contributed by atoms with Gasteiger partial charge in [0, 0.05) is 16.5 Å². The van der Waals surface area contributed by atoms with Gasteiger partial charge in [0.05, 0.1) is 5.69 Å². The van der Waals surface area contributed by atoms with Gasteiger partial charge in [-0.1, -0.05) is 0 Å². The van der Waals surface area contributed by atoms with Crippen LogP contribution in [0, 0.1) is 6.85 Å². The van der Waals surface area contributed by atoms with Crippen LogP contribution in [0.1, 0.15) is 9.68 Å². The zero-order valence-corrected chi connectivity index (χ0v) is 4.26. The summed E-state index contributed by atoms with van der Waals surface area (Å²) < 4.78 is 21.0. The van der Waals surface area contributed by atoms with Crippen molar-refractivity contribution in [1.29, 1.82) is 0 Å². The van der Waals surface area contributed by atoms with Gasteiger partial charge in [-0.3, -0.25) is 4.98 Å². The first-order valence-electron chi connectivity index (χ1n) is 3.71. The molecule has 0 radical (unpaired) electrons. The monoisotopic (exact) mass is 112 g/mol. The number of rotatable bonds is 0. The SMILES string of the molecule is [2H][13C]([2H])([2H])c1cncc(N)c1. The Balaban J connectivity index is 3.06. The highest BCUT2D eigenvalue weighted by Gasteiger charge is 1.82. The van der Waals surface area contributed by atoms with E-state index in [2.05, 4.69) is 4.98 Å². The summed E-state index contributed by atoms with van der Waals surface area (Å²) >= 11 is 0. The Labute approximate surface area is 52.6 Å². The Bertz CT molecular complexity index is 256. The van der Waals surface area contributed by atoms with E-state index in [0.29, 0.717) is 5.69 Å². The van der Waals surface area contributed by atoms with Crippen LogP contribution in [0.25, 0.3) is 0 Å². The molecule has 1 aromatic heterocycles. The summed E-state index contributed by atoms with van der Waals surface area (Å²) in [5.41, 5.74) is 5.89. The molecule has 1 aromatic rings. The number of aromatic nitrogens is 1. The van der Waals surface area contributed by atoms with E-state index in [4.69, 9.17) is 9.85 Å². The van der Waals surface area contributed by atoms with Crippen LogP contribution in [0.15, 0.2) is 18.5 Å². The molecule has 0 saturated heterocycles. The van der Waals surface area contributed by atoms with Crippen LogP contribution < -0.4 is 5.73 Å². The second-order valence-corrected chi connectivity index (χ2v) is 1.51. The minimum absolute atomic E-state index is 0.178.